The van der Waals surface area contributed by atoms with E-state index in [1.165, 1.54) is 5.56 Å². The fourth-order valence-corrected chi connectivity index (χ4v) is 2.72. The van der Waals surface area contributed by atoms with E-state index in [9.17, 15) is 0 Å². The van der Waals surface area contributed by atoms with Crippen LogP contribution in [0.2, 0.25) is 0 Å². The van der Waals surface area contributed by atoms with Gasteiger partial charge in [-0.25, -0.2) is 0 Å². The second-order valence-electron chi connectivity index (χ2n) is 3.77. The predicted octanol–water partition coefficient (Wildman–Crippen LogP) is 3.25. The molecule has 0 saturated heterocycles. The fourth-order valence-electron chi connectivity index (χ4n) is 1.87. The Hall–Kier alpha value is -0.650. The lowest BCUT2D eigenvalue weighted by atomic mass is 10.0. The van der Waals surface area contributed by atoms with Crippen LogP contribution in [0.4, 0.5) is 0 Å². The summed E-state index contributed by atoms with van der Waals surface area (Å²) in [5.41, 5.74) is 2.32. The van der Waals surface area contributed by atoms with Gasteiger partial charge in [-0.3, -0.25) is 4.68 Å². The van der Waals surface area contributed by atoms with Crippen LogP contribution >= 0.6 is 31.9 Å². The first kappa shape index (κ1) is 12.8. The summed E-state index contributed by atoms with van der Waals surface area (Å²) < 4.78 is 4.04. The number of nitrogens with zero attached hydrogens (tertiary/aromatic N) is 2. The second-order valence-corrected chi connectivity index (χ2v) is 5.54. The summed E-state index contributed by atoms with van der Waals surface area (Å²) >= 11 is 7.10. The predicted molar refractivity (Wildman–Crippen MR) is 76.0 cm³/mol. The van der Waals surface area contributed by atoms with Crippen molar-refractivity contribution in [3.05, 3.63) is 50.7 Å². The maximum Gasteiger partial charge on any atom is 0.0757 e. The van der Waals surface area contributed by atoms with Gasteiger partial charge in [-0.15, -0.1) is 0 Å². The lowest BCUT2D eigenvalue weighted by molar-refractivity contribution is 0.604. The number of halogens is 2. The first-order valence-corrected chi connectivity index (χ1v) is 6.82. The second kappa shape index (κ2) is 5.33. The summed E-state index contributed by atoms with van der Waals surface area (Å²) in [6.45, 7) is 0. The van der Waals surface area contributed by atoms with Crippen LogP contribution in [0.5, 0.6) is 0 Å². The first-order valence-electron chi connectivity index (χ1n) is 5.23. The molecule has 17 heavy (non-hydrogen) atoms. The Morgan fingerprint density at radius 3 is 2.65 bits per heavy atom. The minimum absolute atomic E-state index is 0.120. The summed E-state index contributed by atoms with van der Waals surface area (Å²) in [5, 5.41) is 7.53. The average Bonchev–Trinajstić information content (AvgIpc) is 2.71. The molecule has 1 aromatic carbocycles. The lowest BCUT2D eigenvalue weighted by Crippen LogP contribution is -2.21. The van der Waals surface area contributed by atoms with E-state index in [1.54, 1.807) is 0 Å². The number of hydrogen-bond acceptors (Lipinski definition) is 2. The minimum atomic E-state index is 0.120. The van der Waals surface area contributed by atoms with Gasteiger partial charge in [-0.2, -0.15) is 5.10 Å². The van der Waals surface area contributed by atoms with Crippen molar-refractivity contribution >= 4 is 31.9 Å². The summed E-state index contributed by atoms with van der Waals surface area (Å²) in [6, 6.07) is 8.31. The molecule has 0 amide bonds. The first-order chi connectivity index (χ1) is 8.13. The van der Waals surface area contributed by atoms with Crippen molar-refractivity contribution in [2.45, 2.75) is 6.04 Å². The molecule has 1 aromatic heterocycles. The molecule has 2 rings (SSSR count). The van der Waals surface area contributed by atoms with E-state index in [4.69, 9.17) is 0 Å². The molecular formula is C12H13Br2N3. The largest absolute Gasteiger partial charge is 0.308 e. The van der Waals surface area contributed by atoms with Gasteiger partial charge in [0.15, 0.2) is 0 Å². The Morgan fingerprint density at radius 2 is 2.06 bits per heavy atom. The number of aromatic nitrogens is 2. The highest BCUT2D eigenvalue weighted by molar-refractivity contribution is 9.11. The molecule has 0 bridgehead atoms. The Kier molecular flexibility index (Phi) is 4.01. The van der Waals surface area contributed by atoms with Crippen molar-refractivity contribution < 1.29 is 0 Å². The van der Waals surface area contributed by atoms with Crippen molar-refractivity contribution in [3.8, 4) is 0 Å². The third-order valence-electron chi connectivity index (χ3n) is 2.71. The molecular weight excluding hydrogens is 346 g/mol. The maximum absolute atomic E-state index is 4.21. The molecule has 1 N–H and O–H groups in total. The zero-order valence-corrected chi connectivity index (χ0v) is 12.8. The van der Waals surface area contributed by atoms with Crippen LogP contribution in [0.25, 0.3) is 0 Å². The quantitative estimate of drug-likeness (QED) is 0.912. The zero-order chi connectivity index (χ0) is 12.4. The van der Waals surface area contributed by atoms with Crippen molar-refractivity contribution in [2.75, 3.05) is 7.05 Å². The highest BCUT2D eigenvalue weighted by Crippen LogP contribution is 2.30. The molecule has 1 heterocycles. The van der Waals surface area contributed by atoms with Crippen molar-refractivity contribution in [1.29, 1.82) is 0 Å². The minimum Gasteiger partial charge on any atom is -0.308 e. The van der Waals surface area contributed by atoms with Gasteiger partial charge in [-0.1, -0.05) is 31.9 Å². The summed E-state index contributed by atoms with van der Waals surface area (Å²) in [6.07, 6.45) is 1.81. The van der Waals surface area contributed by atoms with Gasteiger partial charge in [0.2, 0.25) is 0 Å². The van der Waals surface area contributed by atoms with Crippen molar-refractivity contribution in [2.24, 2.45) is 7.05 Å². The molecule has 0 saturated carbocycles. The SMILES string of the molecule is CNC(c1cc(Br)ccc1Br)c1ccnn1C. The van der Waals surface area contributed by atoms with E-state index < -0.39 is 0 Å². The fraction of sp³-hybridized carbons (Fsp3) is 0.250. The number of hydrogen-bond donors (Lipinski definition) is 1. The van der Waals surface area contributed by atoms with Crippen molar-refractivity contribution in [3.63, 3.8) is 0 Å². The molecule has 1 unspecified atom stereocenters. The maximum atomic E-state index is 4.21. The Bertz CT molecular complexity index is 522. The van der Waals surface area contributed by atoms with Crippen LogP contribution in [0.15, 0.2) is 39.4 Å². The molecule has 0 radical (unpaired) electrons. The number of rotatable bonds is 3. The zero-order valence-electron chi connectivity index (χ0n) is 9.61. The third kappa shape index (κ3) is 2.61. The average molecular weight is 359 g/mol. The van der Waals surface area contributed by atoms with E-state index >= 15 is 0 Å². The molecule has 0 aliphatic rings. The Balaban J connectivity index is 2.49. The number of aryl methyl sites for hydroxylation is 1. The molecule has 5 heteroatoms. The normalized spacial score (nSPS) is 12.7. The Labute approximate surface area is 117 Å². The van der Waals surface area contributed by atoms with Gasteiger partial charge in [0.1, 0.15) is 0 Å². The van der Waals surface area contributed by atoms with Crippen molar-refractivity contribution in [1.82, 2.24) is 15.1 Å². The highest BCUT2D eigenvalue weighted by Gasteiger charge is 2.18. The molecule has 90 valence electrons. The van der Waals surface area contributed by atoms with Gasteiger partial charge >= 0.3 is 0 Å². The van der Waals surface area contributed by atoms with E-state index in [1.807, 2.05) is 43.2 Å². The molecule has 3 nitrogen and oxygen atoms in total. The van der Waals surface area contributed by atoms with E-state index in [2.05, 4.69) is 48.3 Å². The standard InChI is InChI=1S/C12H13Br2N3/c1-15-12(11-5-6-16-17(11)2)9-7-8(13)3-4-10(9)14/h3-7,12,15H,1-2H3. The van der Waals surface area contributed by atoms with Gasteiger partial charge in [0.25, 0.3) is 0 Å². The van der Waals surface area contributed by atoms with Crippen LogP contribution in [0.3, 0.4) is 0 Å². The van der Waals surface area contributed by atoms with Crippen LogP contribution in [0.1, 0.15) is 17.3 Å². The molecule has 1 atom stereocenters. The van der Waals surface area contributed by atoms with Gasteiger partial charge < -0.3 is 5.32 Å². The summed E-state index contributed by atoms with van der Waals surface area (Å²) in [4.78, 5) is 0. The van der Waals surface area contributed by atoms with E-state index in [0.717, 1.165) is 14.6 Å². The molecule has 0 spiro atoms. The monoisotopic (exact) mass is 357 g/mol. The van der Waals surface area contributed by atoms with Crippen LogP contribution in [0, 0.1) is 0 Å². The van der Waals surface area contributed by atoms with Crippen LogP contribution < -0.4 is 5.32 Å². The van der Waals surface area contributed by atoms with Gasteiger partial charge in [0, 0.05) is 22.2 Å². The summed E-state index contributed by atoms with van der Waals surface area (Å²) in [7, 11) is 3.90. The molecule has 2 aromatic rings. The smallest absolute Gasteiger partial charge is 0.0757 e. The lowest BCUT2D eigenvalue weighted by Gasteiger charge is -2.18. The molecule has 0 fully saturated rings. The summed E-state index contributed by atoms with van der Waals surface area (Å²) in [5.74, 6) is 0. The number of benzene rings is 1. The Morgan fingerprint density at radius 1 is 1.29 bits per heavy atom. The molecule has 0 aliphatic carbocycles. The highest BCUT2D eigenvalue weighted by atomic mass is 79.9. The number of nitrogens with one attached hydrogen (secondary N) is 1. The van der Waals surface area contributed by atoms with Crippen LogP contribution in [-0.2, 0) is 7.05 Å². The van der Waals surface area contributed by atoms with Gasteiger partial charge in [-0.05, 0) is 36.9 Å². The third-order valence-corrected chi connectivity index (χ3v) is 3.93. The van der Waals surface area contributed by atoms with Gasteiger partial charge in [0.05, 0.1) is 11.7 Å². The molecule has 0 aliphatic heterocycles. The van der Waals surface area contributed by atoms with Crippen LogP contribution in [-0.4, -0.2) is 16.8 Å². The van der Waals surface area contributed by atoms with E-state index in [0.29, 0.717) is 0 Å². The topological polar surface area (TPSA) is 29.9 Å². The van der Waals surface area contributed by atoms with E-state index in [-0.39, 0.29) is 6.04 Å².